The molecule has 1 aliphatic rings. The minimum Gasteiger partial charge on any atom is -0.384 e. The van der Waals surface area contributed by atoms with Crippen molar-refractivity contribution in [2.24, 2.45) is 11.7 Å². The second kappa shape index (κ2) is 5.00. The number of nitrogen functional groups attached to an aromatic ring is 1. The number of aromatic nitrogens is 1. The molecule has 0 bridgehead atoms. The quantitative estimate of drug-likeness (QED) is 0.648. The SMILES string of the molecule is CC1C=CC(Cn2ccc3cc(C(=N)N)ccc32)=CC1. The summed E-state index contributed by atoms with van der Waals surface area (Å²) in [5.74, 6) is 0.768. The van der Waals surface area contributed by atoms with Gasteiger partial charge in [0, 0.05) is 29.2 Å². The number of allylic oxidation sites excluding steroid dienone is 4. The van der Waals surface area contributed by atoms with Crippen LogP contribution in [0.3, 0.4) is 0 Å². The molecule has 0 saturated carbocycles. The van der Waals surface area contributed by atoms with Crippen LogP contribution in [0.5, 0.6) is 0 Å². The Morgan fingerprint density at radius 3 is 2.95 bits per heavy atom. The molecule has 3 rings (SSSR count). The highest BCUT2D eigenvalue weighted by Gasteiger charge is 2.07. The van der Waals surface area contributed by atoms with Crippen molar-refractivity contribution in [2.75, 3.05) is 0 Å². The van der Waals surface area contributed by atoms with Gasteiger partial charge in [-0.05, 0) is 42.2 Å². The molecule has 0 aliphatic heterocycles. The number of nitrogens with two attached hydrogens (primary N) is 1. The van der Waals surface area contributed by atoms with Gasteiger partial charge in [0.1, 0.15) is 5.84 Å². The van der Waals surface area contributed by atoms with Crippen LogP contribution in [0.4, 0.5) is 0 Å². The molecule has 3 N–H and O–H groups in total. The van der Waals surface area contributed by atoms with E-state index < -0.39 is 0 Å². The van der Waals surface area contributed by atoms with Crippen LogP contribution in [0.15, 0.2) is 54.3 Å². The Hall–Kier alpha value is -2.29. The fourth-order valence-corrected chi connectivity index (χ4v) is 2.59. The van der Waals surface area contributed by atoms with E-state index in [1.54, 1.807) is 0 Å². The highest BCUT2D eigenvalue weighted by molar-refractivity contribution is 5.98. The first kappa shape index (κ1) is 12.7. The van der Waals surface area contributed by atoms with Crippen molar-refractivity contribution in [1.29, 1.82) is 5.41 Å². The van der Waals surface area contributed by atoms with Crippen molar-refractivity contribution < 1.29 is 0 Å². The third kappa shape index (κ3) is 2.39. The van der Waals surface area contributed by atoms with E-state index >= 15 is 0 Å². The summed E-state index contributed by atoms with van der Waals surface area (Å²) < 4.78 is 2.24. The summed E-state index contributed by atoms with van der Waals surface area (Å²) in [5, 5.41) is 8.63. The van der Waals surface area contributed by atoms with Crippen LogP contribution in [-0.4, -0.2) is 10.4 Å². The Bertz CT molecular complexity index is 719. The first-order valence-corrected chi connectivity index (χ1v) is 6.94. The highest BCUT2D eigenvalue weighted by atomic mass is 14.9. The van der Waals surface area contributed by atoms with Gasteiger partial charge in [-0.3, -0.25) is 5.41 Å². The molecule has 1 aromatic carbocycles. The molecule has 3 heteroatoms. The minimum absolute atomic E-state index is 0.117. The Morgan fingerprint density at radius 1 is 1.40 bits per heavy atom. The molecule has 0 amide bonds. The predicted octanol–water partition coefficient (Wildman–Crippen LogP) is 3.45. The molecule has 1 atom stereocenters. The number of fused-ring (bicyclic) bond motifs is 1. The third-order valence-electron chi connectivity index (χ3n) is 3.83. The molecule has 1 heterocycles. The van der Waals surface area contributed by atoms with Gasteiger partial charge in [0.15, 0.2) is 0 Å². The first-order valence-electron chi connectivity index (χ1n) is 6.94. The highest BCUT2D eigenvalue weighted by Crippen LogP contribution is 2.21. The number of rotatable bonds is 3. The normalized spacial score (nSPS) is 18.2. The molecule has 3 nitrogen and oxygen atoms in total. The first-order chi connectivity index (χ1) is 9.63. The molecule has 2 aromatic rings. The van der Waals surface area contributed by atoms with Crippen LogP contribution < -0.4 is 5.73 Å². The van der Waals surface area contributed by atoms with E-state index in [2.05, 4.69) is 42.0 Å². The fraction of sp³-hybridized carbons (Fsp3) is 0.235. The third-order valence-corrected chi connectivity index (χ3v) is 3.83. The van der Waals surface area contributed by atoms with Crippen molar-refractivity contribution in [3.63, 3.8) is 0 Å². The molecular weight excluding hydrogens is 246 g/mol. The molecular formula is C17H19N3. The van der Waals surface area contributed by atoms with Crippen LogP contribution in [0.25, 0.3) is 10.9 Å². The van der Waals surface area contributed by atoms with Crippen LogP contribution in [0.2, 0.25) is 0 Å². The zero-order valence-electron chi connectivity index (χ0n) is 11.6. The molecule has 0 saturated heterocycles. The summed E-state index contributed by atoms with van der Waals surface area (Å²) >= 11 is 0. The topological polar surface area (TPSA) is 54.8 Å². The maximum atomic E-state index is 7.49. The fourth-order valence-electron chi connectivity index (χ4n) is 2.59. The van der Waals surface area contributed by atoms with Crippen LogP contribution in [0.1, 0.15) is 18.9 Å². The van der Waals surface area contributed by atoms with Gasteiger partial charge in [-0.15, -0.1) is 0 Å². The van der Waals surface area contributed by atoms with Gasteiger partial charge in [-0.1, -0.05) is 25.2 Å². The summed E-state index contributed by atoms with van der Waals surface area (Å²) in [7, 11) is 0. The second-order valence-electron chi connectivity index (χ2n) is 5.48. The number of benzene rings is 1. The predicted molar refractivity (Wildman–Crippen MR) is 84.0 cm³/mol. The van der Waals surface area contributed by atoms with Gasteiger partial charge in [-0.25, -0.2) is 0 Å². The number of nitrogens with zero attached hydrogens (tertiary/aromatic N) is 1. The van der Waals surface area contributed by atoms with E-state index in [9.17, 15) is 0 Å². The second-order valence-corrected chi connectivity index (χ2v) is 5.48. The van der Waals surface area contributed by atoms with Crippen molar-refractivity contribution in [1.82, 2.24) is 4.57 Å². The monoisotopic (exact) mass is 265 g/mol. The Kier molecular flexibility index (Phi) is 3.18. The maximum Gasteiger partial charge on any atom is 0.122 e. The van der Waals surface area contributed by atoms with Gasteiger partial charge in [-0.2, -0.15) is 0 Å². The molecule has 102 valence electrons. The number of hydrogen-bond donors (Lipinski definition) is 2. The average Bonchev–Trinajstić information content (AvgIpc) is 2.84. The number of nitrogens with one attached hydrogen (secondary N) is 1. The van der Waals surface area contributed by atoms with Crippen molar-refractivity contribution in [3.8, 4) is 0 Å². The van der Waals surface area contributed by atoms with Gasteiger partial charge in [0.2, 0.25) is 0 Å². The Labute approximate surface area is 118 Å². The lowest BCUT2D eigenvalue weighted by molar-refractivity contribution is 0.714. The molecule has 1 unspecified atom stereocenters. The van der Waals surface area contributed by atoms with Gasteiger partial charge in [0.05, 0.1) is 0 Å². The molecule has 1 aromatic heterocycles. The lowest BCUT2D eigenvalue weighted by Gasteiger charge is -2.13. The summed E-state index contributed by atoms with van der Waals surface area (Å²) in [6, 6.07) is 8.01. The van der Waals surface area contributed by atoms with E-state index in [0.29, 0.717) is 5.92 Å². The lowest BCUT2D eigenvalue weighted by Crippen LogP contribution is -2.10. The van der Waals surface area contributed by atoms with Crippen LogP contribution in [0, 0.1) is 11.3 Å². The largest absolute Gasteiger partial charge is 0.384 e. The lowest BCUT2D eigenvalue weighted by atomic mass is 9.98. The van der Waals surface area contributed by atoms with Crippen molar-refractivity contribution in [3.05, 3.63) is 59.8 Å². The molecule has 20 heavy (non-hydrogen) atoms. The molecule has 0 radical (unpaired) electrons. The van der Waals surface area contributed by atoms with E-state index in [0.717, 1.165) is 23.9 Å². The smallest absolute Gasteiger partial charge is 0.122 e. The van der Waals surface area contributed by atoms with Crippen LogP contribution >= 0.6 is 0 Å². The molecule has 0 fully saturated rings. The summed E-state index contributed by atoms with van der Waals surface area (Å²) in [6.07, 6.45) is 10.0. The Morgan fingerprint density at radius 2 is 2.25 bits per heavy atom. The maximum absolute atomic E-state index is 7.49. The summed E-state index contributed by atoms with van der Waals surface area (Å²) in [6.45, 7) is 3.13. The molecule has 1 aliphatic carbocycles. The van der Waals surface area contributed by atoms with Crippen molar-refractivity contribution >= 4 is 16.7 Å². The standard InChI is InChI=1S/C17H19N3/c1-12-2-4-13(5-3-12)11-20-9-8-14-10-15(17(18)19)6-7-16(14)20/h2,4-10,12H,3,11H2,1H3,(H3,18,19). The minimum atomic E-state index is 0.117. The van der Waals surface area contributed by atoms with E-state index in [1.165, 1.54) is 11.1 Å². The van der Waals surface area contributed by atoms with E-state index in [4.69, 9.17) is 11.1 Å². The van der Waals surface area contributed by atoms with E-state index in [1.807, 2.05) is 18.2 Å². The van der Waals surface area contributed by atoms with Gasteiger partial charge < -0.3 is 10.3 Å². The Balaban J connectivity index is 1.90. The van der Waals surface area contributed by atoms with E-state index in [-0.39, 0.29) is 5.84 Å². The average molecular weight is 265 g/mol. The van der Waals surface area contributed by atoms with Gasteiger partial charge >= 0.3 is 0 Å². The zero-order valence-corrected chi connectivity index (χ0v) is 11.6. The van der Waals surface area contributed by atoms with Gasteiger partial charge in [0.25, 0.3) is 0 Å². The summed E-state index contributed by atoms with van der Waals surface area (Å²) in [5.41, 5.74) is 8.85. The van der Waals surface area contributed by atoms with Crippen molar-refractivity contribution in [2.45, 2.75) is 19.9 Å². The summed E-state index contributed by atoms with van der Waals surface area (Å²) in [4.78, 5) is 0. The number of amidine groups is 1. The zero-order chi connectivity index (χ0) is 14.1. The number of hydrogen-bond acceptors (Lipinski definition) is 1. The molecule has 0 spiro atoms. The van der Waals surface area contributed by atoms with Crippen LogP contribution in [-0.2, 0) is 6.54 Å².